The van der Waals surface area contributed by atoms with Crippen LogP contribution in [0.3, 0.4) is 0 Å². The first-order valence-electron chi connectivity index (χ1n) is 9.05. The lowest BCUT2D eigenvalue weighted by Gasteiger charge is -2.27. The van der Waals surface area contributed by atoms with Gasteiger partial charge in [-0.2, -0.15) is 5.10 Å². The summed E-state index contributed by atoms with van der Waals surface area (Å²) in [7, 11) is 0. The first-order valence-corrected chi connectivity index (χ1v) is 9.05. The summed E-state index contributed by atoms with van der Waals surface area (Å²) in [6.45, 7) is 1.44. The van der Waals surface area contributed by atoms with E-state index in [1.165, 1.54) is 13.1 Å². The number of hydrogen-bond donors (Lipinski definition) is 3. The minimum atomic E-state index is -1.88. The van der Waals surface area contributed by atoms with Crippen molar-refractivity contribution in [2.75, 3.05) is 5.32 Å². The largest absolute Gasteiger partial charge is 0.372 e. The van der Waals surface area contributed by atoms with E-state index in [0.717, 1.165) is 5.56 Å². The van der Waals surface area contributed by atoms with Crippen LogP contribution in [0.5, 0.6) is 0 Å². The van der Waals surface area contributed by atoms with Gasteiger partial charge in [0, 0.05) is 12.6 Å². The smallest absolute Gasteiger partial charge is 0.281 e. The summed E-state index contributed by atoms with van der Waals surface area (Å²) in [5, 5.41) is 18.0. The van der Waals surface area contributed by atoms with Gasteiger partial charge in [0.2, 0.25) is 5.91 Å². The molecule has 146 valence electrons. The van der Waals surface area contributed by atoms with E-state index >= 15 is 0 Å². The molecule has 0 saturated carbocycles. The van der Waals surface area contributed by atoms with Crippen molar-refractivity contribution in [3.63, 3.8) is 0 Å². The molecular weight excluding hydrogens is 366 g/mol. The van der Waals surface area contributed by atoms with Crippen LogP contribution in [-0.4, -0.2) is 23.1 Å². The molecule has 0 spiro atoms. The molecule has 0 heterocycles. The quantitative estimate of drug-likeness (QED) is 0.449. The highest BCUT2D eigenvalue weighted by Gasteiger charge is 2.39. The highest BCUT2D eigenvalue weighted by molar-refractivity contribution is 5.92. The second-order valence-corrected chi connectivity index (χ2v) is 6.44. The zero-order valence-electron chi connectivity index (χ0n) is 15.9. The Balaban J connectivity index is 1.79. The minimum Gasteiger partial charge on any atom is -0.372 e. The van der Waals surface area contributed by atoms with Crippen LogP contribution in [0.4, 0.5) is 5.69 Å². The number of anilines is 1. The Morgan fingerprint density at radius 1 is 0.862 bits per heavy atom. The zero-order chi connectivity index (χ0) is 20.7. The van der Waals surface area contributed by atoms with Crippen molar-refractivity contribution >= 4 is 23.7 Å². The molecule has 6 nitrogen and oxygen atoms in total. The Hall–Kier alpha value is -3.77. The average Bonchev–Trinajstić information content (AvgIpc) is 2.75. The van der Waals surface area contributed by atoms with E-state index in [9.17, 15) is 14.7 Å². The van der Waals surface area contributed by atoms with Crippen LogP contribution >= 0.6 is 0 Å². The summed E-state index contributed by atoms with van der Waals surface area (Å²) in [6, 6.07) is 24.4. The molecule has 0 unspecified atom stereocenters. The number of hydrazone groups is 1. The number of amides is 2. The molecule has 2 amide bonds. The highest BCUT2D eigenvalue weighted by Crippen LogP contribution is 2.29. The van der Waals surface area contributed by atoms with Crippen LogP contribution in [0.2, 0.25) is 0 Å². The first-order chi connectivity index (χ1) is 14.0. The fraction of sp³-hybridized carbons (Fsp3) is 0.0870. The molecule has 3 rings (SSSR count). The Kier molecular flexibility index (Phi) is 6.16. The number of nitrogens with zero attached hydrogens (tertiary/aromatic N) is 1. The molecule has 0 bridgehead atoms. The fourth-order valence-electron chi connectivity index (χ4n) is 2.89. The van der Waals surface area contributed by atoms with Gasteiger partial charge in [-0.25, -0.2) is 5.43 Å². The predicted molar refractivity (Wildman–Crippen MR) is 112 cm³/mol. The molecule has 3 N–H and O–H groups in total. The number of nitrogens with one attached hydrogen (secondary N) is 2. The highest BCUT2D eigenvalue weighted by atomic mass is 16.3. The van der Waals surface area contributed by atoms with Crippen molar-refractivity contribution in [1.82, 2.24) is 5.43 Å². The minimum absolute atomic E-state index is 0.153. The summed E-state index contributed by atoms with van der Waals surface area (Å²) >= 11 is 0. The molecule has 3 aromatic rings. The van der Waals surface area contributed by atoms with E-state index < -0.39 is 11.5 Å². The van der Waals surface area contributed by atoms with Crippen LogP contribution in [0, 0.1) is 0 Å². The molecule has 0 saturated heterocycles. The second kappa shape index (κ2) is 8.95. The van der Waals surface area contributed by atoms with Gasteiger partial charge in [-0.1, -0.05) is 72.8 Å². The van der Waals surface area contributed by atoms with Gasteiger partial charge in [-0.3, -0.25) is 9.59 Å². The fourth-order valence-corrected chi connectivity index (χ4v) is 2.89. The third-order valence-corrected chi connectivity index (χ3v) is 4.32. The SMILES string of the molecule is CC(=O)Nc1ccc(/C=N/NC(=O)C(O)(c2ccccc2)c2ccccc2)cc1. The van der Waals surface area contributed by atoms with Gasteiger partial charge in [0.05, 0.1) is 6.21 Å². The molecule has 3 aromatic carbocycles. The molecule has 0 aliphatic heterocycles. The van der Waals surface area contributed by atoms with E-state index in [2.05, 4.69) is 15.8 Å². The van der Waals surface area contributed by atoms with Crippen LogP contribution in [0.15, 0.2) is 90.0 Å². The normalized spacial score (nSPS) is 11.2. The molecule has 0 atom stereocenters. The lowest BCUT2D eigenvalue weighted by Crippen LogP contribution is -2.43. The van der Waals surface area contributed by atoms with Gasteiger partial charge in [0.1, 0.15) is 0 Å². The van der Waals surface area contributed by atoms with Gasteiger partial charge in [0.25, 0.3) is 5.91 Å². The number of hydrogen-bond acceptors (Lipinski definition) is 4. The summed E-state index contributed by atoms with van der Waals surface area (Å²) in [4.78, 5) is 24.0. The molecule has 0 radical (unpaired) electrons. The van der Waals surface area contributed by atoms with Crippen molar-refractivity contribution in [3.8, 4) is 0 Å². The molecule has 0 aromatic heterocycles. The van der Waals surface area contributed by atoms with E-state index in [1.807, 2.05) is 12.1 Å². The predicted octanol–water partition coefficient (Wildman–Crippen LogP) is 3.03. The van der Waals surface area contributed by atoms with E-state index in [-0.39, 0.29) is 5.91 Å². The van der Waals surface area contributed by atoms with Crippen molar-refractivity contribution < 1.29 is 14.7 Å². The van der Waals surface area contributed by atoms with Crippen molar-refractivity contribution in [2.24, 2.45) is 5.10 Å². The Morgan fingerprint density at radius 2 is 1.38 bits per heavy atom. The Bertz CT molecular complexity index is 961. The average molecular weight is 387 g/mol. The van der Waals surface area contributed by atoms with Gasteiger partial charge in [0.15, 0.2) is 5.60 Å². The summed E-state index contributed by atoms with van der Waals surface area (Å²) in [5.74, 6) is -0.819. The lowest BCUT2D eigenvalue weighted by atomic mass is 9.85. The van der Waals surface area contributed by atoms with Gasteiger partial charge >= 0.3 is 0 Å². The summed E-state index contributed by atoms with van der Waals surface area (Å²) in [6.07, 6.45) is 1.46. The number of carbonyl (C=O) groups excluding carboxylic acids is 2. The van der Waals surface area contributed by atoms with Gasteiger partial charge in [-0.15, -0.1) is 0 Å². The number of benzene rings is 3. The third kappa shape index (κ3) is 4.75. The van der Waals surface area contributed by atoms with Crippen molar-refractivity contribution in [3.05, 3.63) is 102 Å². The zero-order valence-corrected chi connectivity index (χ0v) is 15.9. The Morgan fingerprint density at radius 3 is 1.86 bits per heavy atom. The standard InChI is InChI=1S/C23H21N3O3/c1-17(27)25-21-14-12-18(13-15-21)16-24-26-22(28)23(29,19-8-4-2-5-9-19)20-10-6-3-7-11-20/h2-16,29H,1H3,(H,25,27)(H,26,28)/b24-16+. The first kappa shape index (κ1) is 20.0. The van der Waals surface area contributed by atoms with Gasteiger partial charge in [-0.05, 0) is 28.8 Å². The van der Waals surface area contributed by atoms with E-state index in [1.54, 1.807) is 72.8 Å². The maximum absolute atomic E-state index is 12.9. The Labute approximate surface area is 168 Å². The molecule has 29 heavy (non-hydrogen) atoms. The van der Waals surface area contributed by atoms with Crippen LogP contribution in [0.1, 0.15) is 23.6 Å². The molecule has 0 aliphatic rings. The maximum Gasteiger partial charge on any atom is 0.281 e. The maximum atomic E-state index is 12.9. The van der Waals surface area contributed by atoms with Gasteiger partial charge < -0.3 is 10.4 Å². The van der Waals surface area contributed by atoms with Crippen LogP contribution < -0.4 is 10.7 Å². The number of aliphatic hydroxyl groups is 1. The van der Waals surface area contributed by atoms with E-state index in [4.69, 9.17) is 0 Å². The number of rotatable bonds is 6. The summed E-state index contributed by atoms with van der Waals surface area (Å²) in [5.41, 5.74) is 2.82. The van der Waals surface area contributed by atoms with Crippen LogP contribution in [-0.2, 0) is 15.2 Å². The summed E-state index contributed by atoms with van der Waals surface area (Å²) < 4.78 is 0. The second-order valence-electron chi connectivity index (χ2n) is 6.44. The molecule has 0 aliphatic carbocycles. The molecular formula is C23H21N3O3. The monoisotopic (exact) mass is 387 g/mol. The van der Waals surface area contributed by atoms with Crippen LogP contribution in [0.25, 0.3) is 0 Å². The molecule has 0 fully saturated rings. The van der Waals surface area contributed by atoms with E-state index in [0.29, 0.717) is 16.8 Å². The molecule has 6 heteroatoms. The number of carbonyl (C=O) groups is 2. The third-order valence-electron chi connectivity index (χ3n) is 4.32. The lowest BCUT2D eigenvalue weighted by molar-refractivity contribution is -0.136. The topological polar surface area (TPSA) is 90.8 Å². The van der Waals surface area contributed by atoms with Crippen molar-refractivity contribution in [2.45, 2.75) is 12.5 Å². The van der Waals surface area contributed by atoms with Crippen molar-refractivity contribution in [1.29, 1.82) is 0 Å².